The lowest BCUT2D eigenvalue weighted by Gasteiger charge is -2.01. The van der Waals surface area contributed by atoms with E-state index in [1.165, 1.54) is 31.0 Å². The summed E-state index contributed by atoms with van der Waals surface area (Å²) in [5.41, 5.74) is 0. The van der Waals surface area contributed by atoms with Crippen molar-refractivity contribution < 1.29 is 14.5 Å². The molecule has 1 aliphatic rings. The quantitative estimate of drug-likeness (QED) is 0.478. The van der Waals surface area contributed by atoms with Gasteiger partial charge in [-0.1, -0.05) is 19.8 Å². The Labute approximate surface area is 89.2 Å². The predicted molar refractivity (Wildman–Crippen MR) is 56.6 cm³/mol. The molecule has 0 aromatic heterocycles. The molecule has 0 aromatic carbocycles. The number of carbonyl (C=O) groups is 1. The molecule has 0 N–H and O–H groups in total. The number of aliphatic carboxylic acids is 1. The molecule has 1 aliphatic heterocycles. The molecule has 0 unspecified atom stereocenters. The molecule has 4 heteroatoms. The lowest BCUT2D eigenvalue weighted by atomic mass is 10.2. The van der Waals surface area contributed by atoms with Crippen LogP contribution in [0.4, 0.5) is 0 Å². The fourth-order valence-electron chi connectivity index (χ4n) is 1.58. The summed E-state index contributed by atoms with van der Waals surface area (Å²) in [6.07, 6.45) is 4.73. The number of carbonyl (C=O) groups excluding carboxylic acids is 1. The Morgan fingerprint density at radius 2 is 2.29 bits per heavy atom. The highest BCUT2D eigenvalue weighted by Crippen LogP contribution is 2.12. The van der Waals surface area contributed by atoms with Gasteiger partial charge in [0, 0.05) is 6.42 Å². The van der Waals surface area contributed by atoms with Crippen molar-refractivity contribution in [1.82, 2.24) is 0 Å². The molecule has 0 aliphatic carbocycles. The van der Waals surface area contributed by atoms with Gasteiger partial charge in [0.1, 0.15) is 12.5 Å². The minimum atomic E-state index is -1.01. The summed E-state index contributed by atoms with van der Waals surface area (Å²) in [7, 11) is 0. The summed E-state index contributed by atoms with van der Waals surface area (Å²) < 4.78 is 1.94. The van der Waals surface area contributed by atoms with E-state index in [1.54, 1.807) is 0 Å². The van der Waals surface area contributed by atoms with Crippen molar-refractivity contribution in [2.75, 3.05) is 18.8 Å². The second-order valence-corrected chi connectivity index (χ2v) is 4.57. The van der Waals surface area contributed by atoms with Gasteiger partial charge < -0.3 is 9.90 Å². The van der Waals surface area contributed by atoms with E-state index in [1.807, 2.05) is 4.58 Å². The van der Waals surface area contributed by atoms with E-state index in [4.69, 9.17) is 0 Å². The number of carboxylic acids is 1. The van der Waals surface area contributed by atoms with Crippen LogP contribution in [0.2, 0.25) is 0 Å². The molecular weight excluding hydrogens is 198 g/mol. The second kappa shape index (κ2) is 6.06. The van der Waals surface area contributed by atoms with Crippen LogP contribution < -0.4 is 5.11 Å². The summed E-state index contributed by atoms with van der Waals surface area (Å²) in [6.45, 7) is 3.90. The maximum Gasteiger partial charge on any atom is 0.258 e. The largest absolute Gasteiger partial charge is 0.539 e. The molecule has 3 nitrogen and oxygen atoms in total. The van der Waals surface area contributed by atoms with Gasteiger partial charge in [0.25, 0.3) is 5.04 Å². The normalized spacial score (nSPS) is 16.4. The average Bonchev–Trinajstić information content (AvgIpc) is 2.60. The number of unbranched alkanes of at least 4 members (excludes halogenated alkanes) is 3. The monoisotopic (exact) mass is 215 g/mol. The van der Waals surface area contributed by atoms with Gasteiger partial charge in [-0.2, -0.15) is 0 Å². The Balaban J connectivity index is 2.34. The zero-order valence-corrected chi connectivity index (χ0v) is 9.44. The topological polar surface area (TPSA) is 43.1 Å². The molecular formula is C10H17NO2S. The van der Waals surface area contributed by atoms with Crippen LogP contribution in [0, 0.1) is 0 Å². The van der Waals surface area contributed by atoms with Gasteiger partial charge >= 0.3 is 0 Å². The summed E-state index contributed by atoms with van der Waals surface area (Å²) >= 11 is 1.40. The van der Waals surface area contributed by atoms with Crippen LogP contribution in [0.25, 0.3) is 0 Å². The Morgan fingerprint density at radius 1 is 1.50 bits per heavy atom. The van der Waals surface area contributed by atoms with Crippen molar-refractivity contribution in [2.45, 2.75) is 32.6 Å². The molecule has 0 atom stereocenters. The SMILES string of the molecule is CCCCCC[N+]1=C(C(=O)[O-])SCC1. The Morgan fingerprint density at radius 3 is 2.93 bits per heavy atom. The van der Waals surface area contributed by atoms with Gasteiger partial charge in [0.2, 0.25) is 0 Å². The van der Waals surface area contributed by atoms with Crippen molar-refractivity contribution in [1.29, 1.82) is 0 Å². The lowest BCUT2D eigenvalue weighted by Crippen LogP contribution is -2.34. The first-order valence-corrected chi connectivity index (χ1v) is 6.20. The van der Waals surface area contributed by atoms with Crippen molar-refractivity contribution in [3.05, 3.63) is 0 Å². The number of thioether (sulfide) groups is 1. The van der Waals surface area contributed by atoms with Gasteiger partial charge in [0.05, 0.1) is 5.75 Å². The van der Waals surface area contributed by atoms with Crippen molar-refractivity contribution in [2.24, 2.45) is 0 Å². The molecule has 1 heterocycles. The van der Waals surface area contributed by atoms with E-state index in [2.05, 4.69) is 6.92 Å². The number of carboxylic acid groups (broad SMARTS) is 1. The Hall–Kier alpha value is -0.510. The maximum atomic E-state index is 10.7. The molecule has 0 aromatic rings. The maximum absolute atomic E-state index is 10.7. The number of nitrogens with zero attached hydrogens (tertiary/aromatic N) is 1. The van der Waals surface area contributed by atoms with Crippen molar-refractivity contribution >= 4 is 22.8 Å². The van der Waals surface area contributed by atoms with Crippen LogP contribution in [-0.4, -0.2) is 34.4 Å². The number of hydrogen-bond donors (Lipinski definition) is 0. The number of rotatable bonds is 6. The fraction of sp³-hybridized carbons (Fsp3) is 0.800. The van der Waals surface area contributed by atoms with E-state index < -0.39 is 5.97 Å². The first kappa shape index (κ1) is 11.6. The van der Waals surface area contributed by atoms with Crippen molar-refractivity contribution in [3.8, 4) is 0 Å². The van der Waals surface area contributed by atoms with Crippen LogP contribution in [0.1, 0.15) is 32.6 Å². The highest BCUT2D eigenvalue weighted by atomic mass is 32.2. The lowest BCUT2D eigenvalue weighted by molar-refractivity contribution is -0.519. The first-order chi connectivity index (χ1) is 6.75. The average molecular weight is 215 g/mol. The number of hydrogen-bond acceptors (Lipinski definition) is 3. The highest BCUT2D eigenvalue weighted by Gasteiger charge is 2.23. The summed E-state index contributed by atoms with van der Waals surface area (Å²) in [5, 5.41) is 11.1. The molecule has 0 fully saturated rings. The minimum absolute atomic E-state index is 0.432. The van der Waals surface area contributed by atoms with Crippen LogP contribution in [-0.2, 0) is 4.79 Å². The van der Waals surface area contributed by atoms with Crippen molar-refractivity contribution in [3.63, 3.8) is 0 Å². The molecule has 0 bridgehead atoms. The van der Waals surface area contributed by atoms with Crippen LogP contribution in [0.3, 0.4) is 0 Å². The van der Waals surface area contributed by atoms with Gasteiger partial charge in [-0.25, -0.2) is 4.58 Å². The molecule has 0 spiro atoms. The van der Waals surface area contributed by atoms with Gasteiger partial charge in [-0.15, -0.1) is 0 Å². The standard InChI is InChI=1S/C10H17NO2S/c1-2-3-4-5-6-11-7-8-14-9(11)10(12)13/h2-8H2,1H3. The molecule has 1 rings (SSSR count). The predicted octanol–water partition coefficient (Wildman–Crippen LogP) is 0.474. The van der Waals surface area contributed by atoms with Crippen LogP contribution in [0.15, 0.2) is 0 Å². The summed E-state index contributed by atoms with van der Waals surface area (Å²) in [6, 6.07) is 0. The fourth-order valence-corrected chi connectivity index (χ4v) is 2.56. The van der Waals surface area contributed by atoms with E-state index >= 15 is 0 Å². The van der Waals surface area contributed by atoms with E-state index in [-0.39, 0.29) is 0 Å². The zero-order chi connectivity index (χ0) is 10.4. The van der Waals surface area contributed by atoms with Gasteiger partial charge in [-0.05, 0) is 18.2 Å². The Bertz CT molecular complexity index is 238. The van der Waals surface area contributed by atoms with E-state index in [0.29, 0.717) is 5.04 Å². The van der Waals surface area contributed by atoms with Crippen LogP contribution in [0.5, 0.6) is 0 Å². The Kier molecular flexibility index (Phi) is 5.01. The molecule has 0 saturated heterocycles. The smallest absolute Gasteiger partial charge is 0.258 e. The summed E-state index contributed by atoms with van der Waals surface area (Å²) in [4.78, 5) is 10.7. The first-order valence-electron chi connectivity index (χ1n) is 5.21. The molecule has 14 heavy (non-hydrogen) atoms. The van der Waals surface area contributed by atoms with E-state index in [9.17, 15) is 9.90 Å². The third-order valence-electron chi connectivity index (χ3n) is 2.34. The second-order valence-electron chi connectivity index (χ2n) is 3.49. The highest BCUT2D eigenvalue weighted by molar-refractivity contribution is 8.15. The summed E-state index contributed by atoms with van der Waals surface area (Å²) in [5.74, 6) is -0.125. The molecule has 0 amide bonds. The minimum Gasteiger partial charge on any atom is -0.539 e. The van der Waals surface area contributed by atoms with Gasteiger partial charge in [0.15, 0.2) is 6.54 Å². The molecule has 0 radical (unpaired) electrons. The van der Waals surface area contributed by atoms with Gasteiger partial charge in [-0.3, -0.25) is 0 Å². The third-order valence-corrected chi connectivity index (χ3v) is 3.43. The third kappa shape index (κ3) is 3.33. The molecule has 80 valence electrons. The van der Waals surface area contributed by atoms with Crippen LogP contribution >= 0.6 is 11.8 Å². The van der Waals surface area contributed by atoms with E-state index in [0.717, 1.165) is 25.3 Å². The zero-order valence-electron chi connectivity index (χ0n) is 8.62. The molecule has 0 saturated carbocycles.